The Labute approximate surface area is 188 Å². The van der Waals surface area contributed by atoms with Crippen LogP contribution in [-0.4, -0.2) is 14.9 Å². The molecule has 6 nitrogen and oxygen atoms in total. The van der Waals surface area contributed by atoms with Gasteiger partial charge in [-0.25, -0.2) is 9.97 Å². The number of thiophene rings is 1. The Bertz CT molecular complexity index is 1430. The van der Waals surface area contributed by atoms with Gasteiger partial charge in [-0.2, -0.15) is 0 Å². The van der Waals surface area contributed by atoms with E-state index in [2.05, 4.69) is 57.1 Å². The van der Waals surface area contributed by atoms with Crippen molar-refractivity contribution in [3.05, 3.63) is 100 Å². The minimum Gasteiger partial charge on any atom is -0.340 e. The van der Waals surface area contributed by atoms with Crippen molar-refractivity contribution in [3.63, 3.8) is 0 Å². The molecular weight excluding hydrogens is 420 g/mol. The molecule has 2 aromatic heterocycles. The maximum atomic E-state index is 11.1. The third-order valence-electron chi connectivity index (χ3n) is 5.33. The Hall–Kier alpha value is -4.10. The molecule has 156 valence electrons. The van der Waals surface area contributed by atoms with Crippen molar-refractivity contribution < 1.29 is 4.92 Å². The van der Waals surface area contributed by atoms with Crippen LogP contribution in [0.5, 0.6) is 0 Å². The summed E-state index contributed by atoms with van der Waals surface area (Å²) in [6.07, 6.45) is 1.53. The van der Waals surface area contributed by atoms with Gasteiger partial charge in [-0.05, 0) is 35.7 Å². The molecule has 2 heterocycles. The van der Waals surface area contributed by atoms with E-state index in [1.54, 1.807) is 30.4 Å². The summed E-state index contributed by atoms with van der Waals surface area (Å²) in [5.74, 6) is 0.673. The third-order valence-corrected chi connectivity index (χ3v) is 6.22. The van der Waals surface area contributed by atoms with E-state index in [-0.39, 0.29) is 10.6 Å². The van der Waals surface area contributed by atoms with Gasteiger partial charge in [0.1, 0.15) is 17.0 Å². The van der Waals surface area contributed by atoms with Crippen LogP contribution < -0.4 is 5.32 Å². The molecule has 0 saturated heterocycles. The zero-order valence-electron chi connectivity index (χ0n) is 17.1. The topological polar surface area (TPSA) is 81.0 Å². The van der Waals surface area contributed by atoms with Gasteiger partial charge in [0.25, 0.3) is 5.69 Å². The highest BCUT2D eigenvalue weighted by molar-refractivity contribution is 7.17. The molecule has 0 atom stereocenters. The molecule has 0 fully saturated rings. The predicted molar refractivity (Wildman–Crippen MR) is 129 cm³/mol. The number of nitrogens with one attached hydrogen (secondary N) is 1. The summed E-state index contributed by atoms with van der Waals surface area (Å²) in [4.78, 5) is 20.5. The summed E-state index contributed by atoms with van der Waals surface area (Å²) in [6.45, 7) is 1.73. The molecule has 7 heteroatoms. The van der Waals surface area contributed by atoms with E-state index in [0.717, 1.165) is 32.6 Å². The molecule has 5 aromatic rings. The molecule has 0 amide bonds. The highest BCUT2D eigenvalue weighted by Crippen LogP contribution is 2.38. The van der Waals surface area contributed by atoms with Crippen molar-refractivity contribution >= 4 is 38.7 Å². The number of nitrogens with zero attached hydrogens (tertiary/aromatic N) is 3. The van der Waals surface area contributed by atoms with E-state index in [1.807, 2.05) is 18.2 Å². The van der Waals surface area contributed by atoms with Gasteiger partial charge in [-0.3, -0.25) is 10.1 Å². The lowest BCUT2D eigenvalue weighted by Gasteiger charge is -2.10. The van der Waals surface area contributed by atoms with Crippen molar-refractivity contribution in [1.29, 1.82) is 0 Å². The number of aromatic nitrogens is 2. The number of rotatable bonds is 5. The van der Waals surface area contributed by atoms with Crippen molar-refractivity contribution in [2.75, 3.05) is 5.32 Å². The van der Waals surface area contributed by atoms with Crippen LogP contribution in [0.2, 0.25) is 0 Å². The summed E-state index contributed by atoms with van der Waals surface area (Å²) >= 11 is 1.56. The average Bonchev–Trinajstić information content (AvgIpc) is 3.25. The second kappa shape index (κ2) is 8.20. The normalized spacial score (nSPS) is 10.9. The van der Waals surface area contributed by atoms with Crippen LogP contribution in [0.4, 0.5) is 17.2 Å². The average molecular weight is 439 g/mol. The fourth-order valence-corrected chi connectivity index (χ4v) is 4.65. The first-order valence-corrected chi connectivity index (χ1v) is 10.9. The number of hydrogen-bond acceptors (Lipinski definition) is 6. The molecule has 0 radical (unpaired) electrons. The zero-order valence-corrected chi connectivity index (χ0v) is 18.0. The Kier molecular flexibility index (Phi) is 5.09. The number of fused-ring (bicyclic) bond motifs is 1. The molecule has 0 aliphatic heterocycles. The summed E-state index contributed by atoms with van der Waals surface area (Å²) < 4.78 is 0. The first-order chi connectivity index (χ1) is 15.6. The van der Waals surface area contributed by atoms with Crippen molar-refractivity contribution in [2.24, 2.45) is 0 Å². The predicted octanol–water partition coefficient (Wildman–Crippen LogP) is 6.99. The molecule has 32 heavy (non-hydrogen) atoms. The van der Waals surface area contributed by atoms with Crippen molar-refractivity contribution in [2.45, 2.75) is 6.92 Å². The zero-order chi connectivity index (χ0) is 22.1. The number of aryl methyl sites for hydroxylation is 1. The lowest BCUT2D eigenvalue weighted by molar-refractivity contribution is -0.385. The monoisotopic (exact) mass is 438 g/mol. The third kappa shape index (κ3) is 3.70. The number of nitro benzene ring substituents is 1. The van der Waals surface area contributed by atoms with Crippen molar-refractivity contribution in [3.8, 4) is 22.3 Å². The highest BCUT2D eigenvalue weighted by Gasteiger charge is 2.15. The molecule has 0 spiro atoms. The molecule has 1 N–H and O–H groups in total. The van der Waals surface area contributed by atoms with Crippen LogP contribution in [0.25, 0.3) is 32.5 Å². The quantitative estimate of drug-likeness (QED) is 0.236. The van der Waals surface area contributed by atoms with E-state index in [1.165, 1.54) is 18.0 Å². The number of hydrogen-bond donors (Lipinski definition) is 1. The van der Waals surface area contributed by atoms with Gasteiger partial charge in [-0.1, -0.05) is 54.6 Å². The maximum absolute atomic E-state index is 11.1. The lowest BCUT2D eigenvalue weighted by atomic mass is 10.0. The molecule has 3 aromatic carbocycles. The largest absolute Gasteiger partial charge is 0.340 e. The number of nitro groups is 1. The summed E-state index contributed by atoms with van der Waals surface area (Å²) in [5.41, 5.74) is 5.88. The molecule has 0 aliphatic rings. The van der Waals surface area contributed by atoms with Gasteiger partial charge in [-0.15, -0.1) is 11.3 Å². The second-order valence-electron chi connectivity index (χ2n) is 7.38. The van der Waals surface area contributed by atoms with Crippen LogP contribution in [0, 0.1) is 17.0 Å². The van der Waals surface area contributed by atoms with Crippen molar-refractivity contribution in [1.82, 2.24) is 9.97 Å². The van der Waals surface area contributed by atoms with Gasteiger partial charge in [0.2, 0.25) is 0 Å². The molecule has 0 bridgehead atoms. The van der Waals surface area contributed by atoms with E-state index >= 15 is 0 Å². The van der Waals surface area contributed by atoms with Gasteiger partial charge in [0.15, 0.2) is 0 Å². The van der Waals surface area contributed by atoms with Gasteiger partial charge in [0.05, 0.1) is 10.3 Å². The Morgan fingerprint density at radius 2 is 1.62 bits per heavy atom. The lowest BCUT2D eigenvalue weighted by Crippen LogP contribution is -1.97. The first-order valence-electron chi connectivity index (χ1n) is 10.0. The van der Waals surface area contributed by atoms with Gasteiger partial charge >= 0.3 is 0 Å². The van der Waals surface area contributed by atoms with E-state index in [0.29, 0.717) is 11.4 Å². The van der Waals surface area contributed by atoms with Crippen LogP contribution in [0.15, 0.2) is 84.5 Å². The number of benzene rings is 3. The van der Waals surface area contributed by atoms with E-state index in [9.17, 15) is 10.1 Å². The highest BCUT2D eigenvalue weighted by atomic mass is 32.1. The molecular formula is C25H18N4O2S. The number of anilines is 2. The Morgan fingerprint density at radius 3 is 2.34 bits per heavy atom. The minimum absolute atomic E-state index is 0.0955. The Morgan fingerprint density at radius 1 is 0.906 bits per heavy atom. The summed E-state index contributed by atoms with van der Waals surface area (Å²) in [5, 5.41) is 17.5. The fraction of sp³-hybridized carbons (Fsp3) is 0.0400. The standard InChI is InChI=1S/C25H18N4O2S/c1-16-13-20(11-12-22(16)29(30)31)28-24-23-21(14-32-25(23)27-15-26-24)19-9-7-18(8-10-19)17-5-3-2-4-6-17/h2-15H,1H3,(H,26,27,28). The van der Waals surface area contributed by atoms with Gasteiger partial charge < -0.3 is 5.32 Å². The SMILES string of the molecule is Cc1cc(Nc2ncnc3scc(-c4ccc(-c5ccccc5)cc4)c23)ccc1[N+](=O)[O-]. The van der Waals surface area contributed by atoms with Crippen LogP contribution >= 0.6 is 11.3 Å². The van der Waals surface area contributed by atoms with Crippen LogP contribution in [0.1, 0.15) is 5.56 Å². The van der Waals surface area contributed by atoms with Gasteiger partial charge in [0, 0.05) is 28.3 Å². The molecule has 5 rings (SSSR count). The summed E-state index contributed by atoms with van der Waals surface area (Å²) in [6, 6.07) is 23.7. The molecule has 0 aliphatic carbocycles. The minimum atomic E-state index is -0.377. The smallest absolute Gasteiger partial charge is 0.272 e. The van der Waals surface area contributed by atoms with E-state index < -0.39 is 0 Å². The molecule has 0 saturated carbocycles. The van der Waals surface area contributed by atoms with E-state index in [4.69, 9.17) is 0 Å². The molecule has 0 unspecified atom stereocenters. The first kappa shape index (κ1) is 19.8. The summed E-state index contributed by atoms with van der Waals surface area (Å²) in [7, 11) is 0. The Balaban J connectivity index is 1.52. The maximum Gasteiger partial charge on any atom is 0.272 e. The van der Waals surface area contributed by atoms with Crippen LogP contribution in [-0.2, 0) is 0 Å². The second-order valence-corrected chi connectivity index (χ2v) is 8.24. The van der Waals surface area contributed by atoms with Crippen LogP contribution in [0.3, 0.4) is 0 Å². The fourth-order valence-electron chi connectivity index (χ4n) is 3.73.